The zero-order chi connectivity index (χ0) is 15.0. The van der Waals surface area contributed by atoms with Crippen LogP contribution in [0, 0.1) is 5.92 Å². The fourth-order valence-corrected chi connectivity index (χ4v) is 3.84. The van der Waals surface area contributed by atoms with Crippen molar-refractivity contribution in [1.82, 2.24) is 5.32 Å². The van der Waals surface area contributed by atoms with Crippen LogP contribution >= 0.6 is 11.6 Å². The van der Waals surface area contributed by atoms with Crippen LogP contribution in [0.3, 0.4) is 0 Å². The molecule has 3 rings (SSSR count). The number of aryl methyl sites for hydroxylation is 1. The number of nitrogens with zero attached hydrogens (tertiary/aromatic N) is 1. The van der Waals surface area contributed by atoms with Gasteiger partial charge in [-0.3, -0.25) is 4.79 Å². The van der Waals surface area contributed by atoms with Crippen LogP contribution in [0.15, 0.2) is 6.07 Å². The van der Waals surface area contributed by atoms with E-state index in [0.717, 1.165) is 56.0 Å². The Morgan fingerprint density at radius 3 is 2.76 bits per heavy atom. The average Bonchev–Trinajstić information content (AvgIpc) is 2.71. The van der Waals surface area contributed by atoms with E-state index in [9.17, 15) is 4.79 Å². The fourth-order valence-electron chi connectivity index (χ4n) is 3.40. The first-order chi connectivity index (χ1) is 10.1. The first kappa shape index (κ1) is 14.9. The van der Waals surface area contributed by atoms with Gasteiger partial charge in [0.25, 0.3) is 0 Å². The quantitative estimate of drug-likeness (QED) is 0.865. The van der Waals surface area contributed by atoms with Gasteiger partial charge in [-0.15, -0.1) is 0 Å². The van der Waals surface area contributed by atoms with Crippen molar-refractivity contribution in [3.05, 3.63) is 27.8 Å². The molecule has 0 bridgehead atoms. The molecule has 4 heteroatoms. The fraction of sp³-hybridized carbons (Fsp3) is 0.588. The summed E-state index contributed by atoms with van der Waals surface area (Å²) in [6, 6.07) is 2.29. The van der Waals surface area contributed by atoms with Crippen molar-refractivity contribution in [2.24, 2.45) is 5.92 Å². The van der Waals surface area contributed by atoms with Crippen molar-refractivity contribution in [3.8, 4) is 0 Å². The van der Waals surface area contributed by atoms with Gasteiger partial charge in [0.1, 0.15) is 0 Å². The number of anilines is 1. The molecular weight excluding hydrogens is 284 g/mol. The van der Waals surface area contributed by atoms with Crippen molar-refractivity contribution < 1.29 is 4.79 Å². The number of fused-ring (bicyclic) bond motifs is 2. The molecule has 1 amide bonds. The third-order valence-electron chi connectivity index (χ3n) is 4.49. The van der Waals surface area contributed by atoms with Crippen LogP contribution in [0.5, 0.6) is 0 Å². The Balaban J connectivity index is 2.10. The van der Waals surface area contributed by atoms with Crippen molar-refractivity contribution in [2.75, 3.05) is 24.5 Å². The van der Waals surface area contributed by atoms with Gasteiger partial charge in [0, 0.05) is 12.5 Å². The first-order valence-electron chi connectivity index (χ1n) is 7.95. The number of carbonyl (C=O) groups is 1. The Kier molecular flexibility index (Phi) is 4.23. The van der Waals surface area contributed by atoms with E-state index >= 15 is 0 Å². The molecule has 114 valence electrons. The lowest BCUT2D eigenvalue weighted by Crippen LogP contribution is -2.38. The van der Waals surface area contributed by atoms with Crippen LogP contribution in [0.1, 0.15) is 37.0 Å². The second-order valence-electron chi connectivity index (χ2n) is 6.33. The third-order valence-corrected chi connectivity index (χ3v) is 4.90. The molecule has 0 saturated heterocycles. The maximum Gasteiger partial charge on any atom is 0.229 e. The van der Waals surface area contributed by atoms with Gasteiger partial charge < -0.3 is 10.2 Å². The second-order valence-corrected chi connectivity index (χ2v) is 6.71. The third kappa shape index (κ3) is 2.69. The average molecular weight is 307 g/mol. The molecule has 2 aliphatic rings. The van der Waals surface area contributed by atoms with E-state index in [-0.39, 0.29) is 11.8 Å². The number of hydrogen-bond acceptors (Lipinski definition) is 2. The van der Waals surface area contributed by atoms with E-state index in [1.807, 2.05) is 18.7 Å². The van der Waals surface area contributed by atoms with E-state index in [4.69, 9.17) is 11.6 Å². The summed E-state index contributed by atoms with van der Waals surface area (Å²) in [5.41, 5.74) is 4.84. The highest BCUT2D eigenvalue weighted by molar-refractivity contribution is 6.35. The van der Waals surface area contributed by atoms with Crippen molar-refractivity contribution in [2.45, 2.75) is 39.5 Å². The Bertz CT molecular complexity index is 568. The van der Waals surface area contributed by atoms with E-state index in [1.54, 1.807) is 0 Å². The normalized spacial score (nSPS) is 18.2. The molecule has 0 unspecified atom stereocenters. The molecule has 1 aromatic rings. The van der Waals surface area contributed by atoms with Crippen LogP contribution < -0.4 is 10.2 Å². The van der Waals surface area contributed by atoms with Crippen molar-refractivity contribution >= 4 is 23.2 Å². The molecule has 1 aromatic carbocycles. The van der Waals surface area contributed by atoms with Gasteiger partial charge in [-0.1, -0.05) is 31.5 Å². The Labute approximate surface area is 131 Å². The van der Waals surface area contributed by atoms with E-state index in [2.05, 4.69) is 11.4 Å². The summed E-state index contributed by atoms with van der Waals surface area (Å²) < 4.78 is 0. The summed E-state index contributed by atoms with van der Waals surface area (Å²) >= 11 is 6.74. The van der Waals surface area contributed by atoms with Gasteiger partial charge >= 0.3 is 0 Å². The van der Waals surface area contributed by atoms with Crippen LogP contribution in [0.4, 0.5) is 5.69 Å². The highest BCUT2D eigenvalue weighted by Crippen LogP contribution is 2.40. The van der Waals surface area contributed by atoms with E-state index < -0.39 is 0 Å². The zero-order valence-electron chi connectivity index (χ0n) is 12.8. The topological polar surface area (TPSA) is 32.3 Å². The van der Waals surface area contributed by atoms with Crippen molar-refractivity contribution in [3.63, 3.8) is 0 Å². The summed E-state index contributed by atoms with van der Waals surface area (Å²) in [6.07, 6.45) is 4.03. The molecule has 3 nitrogen and oxygen atoms in total. The molecule has 0 aromatic heterocycles. The van der Waals surface area contributed by atoms with Crippen molar-refractivity contribution in [1.29, 1.82) is 0 Å². The molecule has 0 spiro atoms. The molecular formula is C17H23ClN2O. The number of halogens is 1. The summed E-state index contributed by atoms with van der Waals surface area (Å²) in [5.74, 6) is 0.192. The van der Waals surface area contributed by atoms with Crippen LogP contribution in [-0.4, -0.2) is 25.5 Å². The predicted octanol–water partition coefficient (Wildman–Crippen LogP) is 2.96. The maximum atomic E-state index is 12.5. The minimum atomic E-state index is 0.00694. The summed E-state index contributed by atoms with van der Waals surface area (Å²) in [7, 11) is 0. The van der Waals surface area contributed by atoms with Gasteiger partial charge in [0.2, 0.25) is 5.91 Å². The summed E-state index contributed by atoms with van der Waals surface area (Å²) in [5, 5.41) is 4.24. The molecule has 0 atom stereocenters. The lowest BCUT2D eigenvalue weighted by Gasteiger charge is -2.33. The highest BCUT2D eigenvalue weighted by Gasteiger charge is 2.29. The molecule has 1 N–H and O–H groups in total. The molecule has 0 radical (unpaired) electrons. The first-order valence-corrected chi connectivity index (χ1v) is 8.32. The highest BCUT2D eigenvalue weighted by atomic mass is 35.5. The maximum absolute atomic E-state index is 12.5. The Hall–Kier alpha value is -1.06. The number of benzene rings is 1. The molecule has 21 heavy (non-hydrogen) atoms. The lowest BCUT2D eigenvalue weighted by molar-refractivity contribution is -0.121. The predicted molar refractivity (Wildman–Crippen MR) is 87.2 cm³/mol. The minimum absolute atomic E-state index is 0.00694. The van der Waals surface area contributed by atoms with Gasteiger partial charge in [-0.25, -0.2) is 0 Å². The number of amides is 1. The largest absolute Gasteiger partial charge is 0.316 e. The van der Waals surface area contributed by atoms with Gasteiger partial charge in [-0.2, -0.15) is 0 Å². The van der Waals surface area contributed by atoms with Gasteiger partial charge in [0.05, 0.1) is 10.7 Å². The van der Waals surface area contributed by atoms with Crippen LogP contribution in [0.25, 0.3) is 0 Å². The zero-order valence-corrected chi connectivity index (χ0v) is 13.6. The molecule has 0 fully saturated rings. The summed E-state index contributed by atoms with van der Waals surface area (Å²) in [4.78, 5) is 14.4. The van der Waals surface area contributed by atoms with Crippen LogP contribution in [-0.2, 0) is 24.1 Å². The smallest absolute Gasteiger partial charge is 0.229 e. The SMILES string of the molecule is CC(C)C(=O)N1CCCc2cc3c(c(Cl)c21)CCNCC3. The molecule has 2 heterocycles. The molecule has 0 saturated carbocycles. The number of nitrogens with one attached hydrogen (secondary N) is 1. The minimum Gasteiger partial charge on any atom is -0.316 e. The van der Waals surface area contributed by atoms with Gasteiger partial charge in [0.15, 0.2) is 0 Å². The molecule has 2 aliphatic heterocycles. The van der Waals surface area contributed by atoms with E-state index in [0.29, 0.717) is 0 Å². The van der Waals surface area contributed by atoms with Crippen LogP contribution in [0.2, 0.25) is 5.02 Å². The monoisotopic (exact) mass is 306 g/mol. The summed E-state index contributed by atoms with van der Waals surface area (Å²) in [6.45, 7) is 6.68. The lowest BCUT2D eigenvalue weighted by atomic mass is 9.92. The number of hydrogen-bond donors (Lipinski definition) is 1. The van der Waals surface area contributed by atoms with Gasteiger partial charge in [-0.05, 0) is 55.5 Å². The molecule has 0 aliphatic carbocycles. The second kappa shape index (κ2) is 5.98. The Morgan fingerprint density at radius 2 is 2.00 bits per heavy atom. The number of rotatable bonds is 1. The standard InChI is InChI=1S/C17H23ClN2O/c1-11(2)17(21)20-9-3-4-13-10-12-5-7-19-8-6-14(12)15(18)16(13)20/h10-11,19H,3-9H2,1-2H3. The van der Waals surface area contributed by atoms with E-state index in [1.165, 1.54) is 16.7 Å². The number of carbonyl (C=O) groups excluding carboxylic acids is 1. The Morgan fingerprint density at radius 1 is 1.24 bits per heavy atom.